The van der Waals surface area contributed by atoms with Crippen LogP contribution in [-0.2, 0) is 13.6 Å². The number of urea groups is 1. The normalized spacial score (nSPS) is 16.4. The van der Waals surface area contributed by atoms with Gasteiger partial charge in [-0.2, -0.15) is 5.10 Å². The highest BCUT2D eigenvalue weighted by Crippen LogP contribution is 2.10. The quantitative estimate of drug-likeness (QED) is 0.870. The van der Waals surface area contributed by atoms with Crippen LogP contribution in [0.15, 0.2) is 6.20 Å². The van der Waals surface area contributed by atoms with E-state index in [1.54, 1.807) is 0 Å². The third-order valence-electron chi connectivity index (χ3n) is 3.66. The maximum atomic E-state index is 12.0. The first-order valence-corrected chi connectivity index (χ1v) is 6.68. The molecule has 0 saturated carbocycles. The molecule has 18 heavy (non-hydrogen) atoms. The van der Waals surface area contributed by atoms with E-state index in [1.165, 1.54) is 12.8 Å². The van der Waals surface area contributed by atoms with Crippen LogP contribution in [-0.4, -0.2) is 33.8 Å². The summed E-state index contributed by atoms with van der Waals surface area (Å²) in [7, 11) is 1.91. The number of amides is 2. The Hall–Kier alpha value is -1.52. The molecule has 2 heterocycles. The highest BCUT2D eigenvalue weighted by atomic mass is 16.2. The Morgan fingerprint density at radius 1 is 1.33 bits per heavy atom. The molecule has 1 aromatic rings. The number of nitrogens with zero attached hydrogens (tertiary/aromatic N) is 3. The molecule has 1 fully saturated rings. The van der Waals surface area contributed by atoms with E-state index >= 15 is 0 Å². The minimum atomic E-state index is 0.0557. The second kappa shape index (κ2) is 5.89. The molecule has 0 atom stereocenters. The second-order valence-electron chi connectivity index (χ2n) is 4.94. The van der Waals surface area contributed by atoms with Gasteiger partial charge in [0, 0.05) is 37.9 Å². The van der Waals surface area contributed by atoms with Crippen molar-refractivity contribution in [2.24, 2.45) is 7.05 Å². The van der Waals surface area contributed by atoms with Crippen molar-refractivity contribution in [2.75, 3.05) is 13.1 Å². The third-order valence-corrected chi connectivity index (χ3v) is 3.66. The molecule has 1 aromatic heterocycles. The Labute approximate surface area is 108 Å². The summed E-state index contributed by atoms with van der Waals surface area (Å²) in [5, 5.41) is 7.16. The van der Waals surface area contributed by atoms with Gasteiger partial charge >= 0.3 is 6.03 Å². The summed E-state index contributed by atoms with van der Waals surface area (Å²) in [6.45, 7) is 4.35. The van der Waals surface area contributed by atoms with E-state index in [-0.39, 0.29) is 6.03 Å². The third kappa shape index (κ3) is 3.03. The Balaban J connectivity index is 1.85. The zero-order valence-corrected chi connectivity index (χ0v) is 11.3. The van der Waals surface area contributed by atoms with Gasteiger partial charge in [0.2, 0.25) is 0 Å². The fraction of sp³-hybridized carbons (Fsp3) is 0.692. The van der Waals surface area contributed by atoms with Gasteiger partial charge < -0.3 is 10.2 Å². The minimum absolute atomic E-state index is 0.0557. The van der Waals surface area contributed by atoms with Crippen molar-refractivity contribution in [3.8, 4) is 0 Å². The van der Waals surface area contributed by atoms with Crippen molar-refractivity contribution < 1.29 is 4.79 Å². The number of carbonyl (C=O) groups is 1. The van der Waals surface area contributed by atoms with Crippen LogP contribution < -0.4 is 5.32 Å². The Morgan fingerprint density at radius 3 is 2.56 bits per heavy atom. The van der Waals surface area contributed by atoms with Crippen LogP contribution in [0.25, 0.3) is 0 Å². The van der Waals surface area contributed by atoms with Crippen LogP contribution in [0, 0.1) is 6.92 Å². The standard InChI is InChI=1S/C13H22N4O/c1-11-12(10-15-16(11)2)9-14-13(18)17-7-5-3-4-6-8-17/h10H,3-9H2,1-2H3,(H,14,18). The summed E-state index contributed by atoms with van der Waals surface area (Å²) in [5.41, 5.74) is 2.19. The fourth-order valence-electron chi connectivity index (χ4n) is 2.27. The van der Waals surface area contributed by atoms with E-state index in [0.717, 1.165) is 37.2 Å². The number of aryl methyl sites for hydroxylation is 1. The number of aromatic nitrogens is 2. The average Bonchev–Trinajstić information content (AvgIpc) is 2.63. The van der Waals surface area contributed by atoms with Crippen LogP contribution in [0.2, 0.25) is 0 Å². The smallest absolute Gasteiger partial charge is 0.317 e. The first-order valence-electron chi connectivity index (χ1n) is 6.68. The molecule has 0 bridgehead atoms. The highest BCUT2D eigenvalue weighted by molar-refractivity contribution is 5.74. The van der Waals surface area contributed by atoms with Crippen LogP contribution in [0.3, 0.4) is 0 Å². The predicted octanol–water partition coefficient (Wildman–Crippen LogP) is 1.81. The topological polar surface area (TPSA) is 50.2 Å². The van der Waals surface area contributed by atoms with E-state index in [1.807, 2.05) is 29.7 Å². The van der Waals surface area contributed by atoms with Crippen LogP contribution in [0.4, 0.5) is 4.79 Å². The number of hydrogen-bond donors (Lipinski definition) is 1. The Morgan fingerprint density at radius 2 is 2.00 bits per heavy atom. The number of likely N-dealkylation sites (tertiary alicyclic amines) is 1. The van der Waals surface area contributed by atoms with Gasteiger partial charge in [-0.15, -0.1) is 0 Å². The van der Waals surface area contributed by atoms with E-state index in [0.29, 0.717) is 6.54 Å². The summed E-state index contributed by atoms with van der Waals surface area (Å²) in [4.78, 5) is 14.0. The lowest BCUT2D eigenvalue weighted by Crippen LogP contribution is -2.40. The summed E-state index contributed by atoms with van der Waals surface area (Å²) in [5.74, 6) is 0. The molecule has 5 heteroatoms. The number of carbonyl (C=O) groups excluding carboxylic acids is 1. The van der Waals surface area contributed by atoms with Gasteiger partial charge in [0.05, 0.1) is 6.20 Å². The largest absolute Gasteiger partial charge is 0.334 e. The molecule has 1 aliphatic rings. The average molecular weight is 250 g/mol. The predicted molar refractivity (Wildman–Crippen MR) is 70.2 cm³/mol. The van der Waals surface area contributed by atoms with Gasteiger partial charge in [0.15, 0.2) is 0 Å². The van der Waals surface area contributed by atoms with Crippen LogP contribution >= 0.6 is 0 Å². The van der Waals surface area contributed by atoms with Crippen molar-refractivity contribution in [1.29, 1.82) is 0 Å². The van der Waals surface area contributed by atoms with E-state index in [2.05, 4.69) is 10.4 Å². The monoisotopic (exact) mass is 250 g/mol. The molecule has 2 rings (SSSR count). The summed E-state index contributed by atoms with van der Waals surface area (Å²) < 4.78 is 1.83. The van der Waals surface area contributed by atoms with Crippen molar-refractivity contribution in [3.63, 3.8) is 0 Å². The minimum Gasteiger partial charge on any atom is -0.334 e. The molecule has 5 nitrogen and oxygen atoms in total. The van der Waals surface area contributed by atoms with Crippen molar-refractivity contribution >= 4 is 6.03 Å². The Kier molecular flexibility index (Phi) is 4.23. The molecule has 2 amide bonds. The van der Waals surface area contributed by atoms with E-state index < -0.39 is 0 Å². The molecule has 0 aliphatic carbocycles. The SMILES string of the molecule is Cc1c(CNC(=O)N2CCCCCC2)cnn1C. The van der Waals surface area contributed by atoms with Crippen molar-refractivity contribution in [1.82, 2.24) is 20.0 Å². The van der Waals surface area contributed by atoms with Crippen molar-refractivity contribution in [3.05, 3.63) is 17.5 Å². The van der Waals surface area contributed by atoms with Crippen LogP contribution in [0.5, 0.6) is 0 Å². The lowest BCUT2D eigenvalue weighted by atomic mass is 10.2. The van der Waals surface area contributed by atoms with Gasteiger partial charge in [0.1, 0.15) is 0 Å². The number of nitrogens with one attached hydrogen (secondary N) is 1. The molecule has 100 valence electrons. The fourth-order valence-corrected chi connectivity index (χ4v) is 2.27. The van der Waals surface area contributed by atoms with Gasteiger partial charge in [-0.3, -0.25) is 4.68 Å². The summed E-state index contributed by atoms with van der Waals surface area (Å²) in [6.07, 6.45) is 6.55. The highest BCUT2D eigenvalue weighted by Gasteiger charge is 2.15. The molecule has 0 unspecified atom stereocenters. The summed E-state index contributed by atoms with van der Waals surface area (Å²) >= 11 is 0. The lowest BCUT2D eigenvalue weighted by Gasteiger charge is -2.20. The van der Waals surface area contributed by atoms with Gasteiger partial charge in [-0.1, -0.05) is 12.8 Å². The van der Waals surface area contributed by atoms with E-state index in [9.17, 15) is 4.79 Å². The Bertz CT molecular complexity index is 405. The lowest BCUT2D eigenvalue weighted by molar-refractivity contribution is 0.199. The van der Waals surface area contributed by atoms with Crippen molar-refractivity contribution in [2.45, 2.75) is 39.2 Å². The molecule has 0 spiro atoms. The first kappa shape index (κ1) is 12.9. The maximum Gasteiger partial charge on any atom is 0.317 e. The van der Waals surface area contributed by atoms with Crippen LogP contribution in [0.1, 0.15) is 36.9 Å². The second-order valence-corrected chi connectivity index (χ2v) is 4.94. The molecule has 1 aliphatic heterocycles. The molecule has 1 saturated heterocycles. The van der Waals surface area contributed by atoms with Gasteiger partial charge in [0.25, 0.3) is 0 Å². The zero-order chi connectivity index (χ0) is 13.0. The number of rotatable bonds is 2. The molecule has 0 aromatic carbocycles. The zero-order valence-electron chi connectivity index (χ0n) is 11.3. The molecule has 0 radical (unpaired) electrons. The van der Waals surface area contributed by atoms with Gasteiger partial charge in [-0.25, -0.2) is 4.79 Å². The van der Waals surface area contributed by atoms with E-state index in [4.69, 9.17) is 0 Å². The number of hydrogen-bond acceptors (Lipinski definition) is 2. The molecular weight excluding hydrogens is 228 g/mol. The molecule has 1 N–H and O–H groups in total. The van der Waals surface area contributed by atoms with Gasteiger partial charge in [-0.05, 0) is 19.8 Å². The molecular formula is C13H22N4O. The maximum absolute atomic E-state index is 12.0. The first-order chi connectivity index (χ1) is 8.68. The summed E-state index contributed by atoms with van der Waals surface area (Å²) in [6, 6.07) is 0.0557.